The zero-order valence-corrected chi connectivity index (χ0v) is 9.64. The van der Waals surface area contributed by atoms with E-state index in [1.165, 1.54) is 0 Å². The molecule has 0 saturated heterocycles. The van der Waals surface area contributed by atoms with Gasteiger partial charge in [-0.15, -0.1) is 0 Å². The van der Waals surface area contributed by atoms with Crippen LogP contribution in [0.2, 0.25) is 0 Å². The highest BCUT2D eigenvalue weighted by atomic mass is 127. The number of nitrogens with two attached hydrogens (primary N) is 1. The normalized spacial score (nSPS) is 16.0. The van der Waals surface area contributed by atoms with Crippen LogP contribution in [0.25, 0.3) is 0 Å². The third kappa shape index (κ3) is 4.32. The Morgan fingerprint density at radius 2 is 2.27 bits per heavy atom. The van der Waals surface area contributed by atoms with E-state index in [-0.39, 0.29) is 15.7 Å². The minimum atomic E-state index is -0.383. The minimum absolute atomic E-state index is 0.0692. The van der Waals surface area contributed by atoms with E-state index in [4.69, 9.17) is 5.73 Å². The number of halogens is 1. The molecule has 0 aliphatic carbocycles. The molecule has 4 heteroatoms. The van der Waals surface area contributed by atoms with Crippen LogP contribution >= 0.6 is 35.2 Å². The van der Waals surface area contributed by atoms with Gasteiger partial charge in [0.25, 0.3) is 0 Å². The van der Waals surface area contributed by atoms with Crippen LogP contribution in [-0.2, 0) is 4.79 Å². The molecule has 0 radical (unpaired) electrons. The number of carbonyl (C=O) groups excluding carboxylic acids is 1. The molecule has 2 N–H and O–H groups in total. The summed E-state index contributed by atoms with van der Waals surface area (Å²) in [6, 6.07) is -0.383. The third-order valence-electron chi connectivity index (χ3n) is 1.41. The molecule has 66 valence electrons. The van der Waals surface area contributed by atoms with E-state index in [9.17, 15) is 4.79 Å². The van der Waals surface area contributed by atoms with Gasteiger partial charge >= 0.3 is 0 Å². The number of rotatable bonds is 5. The molecule has 0 aliphatic rings. The molecule has 0 spiro atoms. The second-order valence-electron chi connectivity index (χ2n) is 2.45. The van der Waals surface area contributed by atoms with Crippen molar-refractivity contribution < 1.29 is 4.79 Å². The molecule has 0 unspecified atom stereocenters. The molecule has 0 aromatic carbocycles. The lowest BCUT2D eigenvalue weighted by atomic mass is 10.1. The molecule has 0 aromatic rings. The Bertz CT molecular complexity index is 132. The van der Waals surface area contributed by atoms with Gasteiger partial charge in [-0.05, 0) is 6.42 Å². The van der Waals surface area contributed by atoms with Crippen LogP contribution in [-0.4, -0.2) is 21.5 Å². The van der Waals surface area contributed by atoms with Gasteiger partial charge in [0.1, 0.15) is 0 Å². The number of hydrogen-bond donors (Lipinski definition) is 2. The average molecular weight is 287 g/mol. The summed E-state index contributed by atoms with van der Waals surface area (Å²) in [7, 11) is 0. The zero-order valence-electron chi connectivity index (χ0n) is 6.59. The lowest BCUT2D eigenvalue weighted by Gasteiger charge is -2.11. The molecule has 0 heterocycles. The summed E-state index contributed by atoms with van der Waals surface area (Å²) in [6.45, 7) is 2.06. The summed E-state index contributed by atoms with van der Waals surface area (Å²) >= 11 is 6.11. The third-order valence-corrected chi connectivity index (χ3v) is 3.04. The van der Waals surface area contributed by atoms with Crippen LogP contribution in [0.1, 0.15) is 19.8 Å². The molecule has 0 aliphatic heterocycles. The van der Waals surface area contributed by atoms with Crippen molar-refractivity contribution in [1.82, 2.24) is 0 Å². The van der Waals surface area contributed by atoms with Crippen molar-refractivity contribution in [1.29, 1.82) is 0 Å². The average Bonchev–Trinajstić information content (AvgIpc) is 2.02. The fourth-order valence-electron chi connectivity index (χ4n) is 0.718. The van der Waals surface area contributed by atoms with Crippen molar-refractivity contribution in [2.75, 3.05) is 5.75 Å². The predicted molar refractivity (Wildman–Crippen MR) is 59.6 cm³/mol. The van der Waals surface area contributed by atoms with Gasteiger partial charge < -0.3 is 5.73 Å². The number of carbonyl (C=O) groups is 1. The first-order chi connectivity index (χ1) is 5.13. The van der Waals surface area contributed by atoms with Gasteiger partial charge in [-0.1, -0.05) is 35.9 Å². The monoisotopic (exact) mass is 287 g/mol. The summed E-state index contributed by atoms with van der Waals surface area (Å²) in [5, 5.41) is 0. The van der Waals surface area contributed by atoms with Gasteiger partial charge in [0.05, 0.1) is 9.97 Å². The number of thiol groups is 1. The molecule has 11 heavy (non-hydrogen) atoms. The number of Topliss-reactive ketones (excluding diaryl/α,β-unsaturated/α-hetero) is 1. The summed E-state index contributed by atoms with van der Waals surface area (Å²) in [4.78, 5) is 11.3. The van der Waals surface area contributed by atoms with Crippen LogP contribution in [0.3, 0.4) is 0 Å². The first-order valence-corrected chi connectivity index (χ1v) is 5.55. The van der Waals surface area contributed by atoms with Crippen molar-refractivity contribution in [2.45, 2.75) is 29.7 Å². The zero-order chi connectivity index (χ0) is 8.85. The van der Waals surface area contributed by atoms with E-state index in [2.05, 4.69) is 42.1 Å². The molecule has 0 saturated carbocycles. The summed E-state index contributed by atoms with van der Waals surface area (Å²) in [5.74, 6) is 0.574. The lowest BCUT2D eigenvalue weighted by molar-refractivity contribution is -0.119. The van der Waals surface area contributed by atoms with Crippen LogP contribution < -0.4 is 5.73 Å². The molecule has 2 atom stereocenters. The van der Waals surface area contributed by atoms with Crippen LogP contribution in [0.4, 0.5) is 0 Å². The highest BCUT2D eigenvalue weighted by Crippen LogP contribution is 2.11. The smallest absolute Gasteiger partial charge is 0.163 e. The Balaban J connectivity index is 3.81. The van der Waals surface area contributed by atoms with Gasteiger partial charge in [-0.2, -0.15) is 12.6 Å². The van der Waals surface area contributed by atoms with E-state index < -0.39 is 0 Å². The first-order valence-electron chi connectivity index (χ1n) is 3.67. The van der Waals surface area contributed by atoms with Crippen molar-refractivity contribution in [3.05, 3.63) is 0 Å². The first kappa shape index (κ1) is 11.7. The van der Waals surface area contributed by atoms with Crippen LogP contribution in [0.5, 0.6) is 0 Å². The van der Waals surface area contributed by atoms with Crippen LogP contribution in [0.15, 0.2) is 0 Å². The van der Waals surface area contributed by atoms with Crippen molar-refractivity contribution >= 4 is 41.0 Å². The number of alkyl halides is 1. The summed E-state index contributed by atoms with van der Waals surface area (Å²) in [5.41, 5.74) is 5.52. The fraction of sp³-hybridized carbons (Fsp3) is 0.857. The van der Waals surface area contributed by atoms with E-state index in [1.54, 1.807) is 0 Å². The maximum Gasteiger partial charge on any atom is 0.163 e. The van der Waals surface area contributed by atoms with Crippen molar-refractivity contribution in [2.24, 2.45) is 5.73 Å². The standard InChI is InChI=1S/C7H14INOS/c1-2-3-5(8)7(10)6(9)4-11/h5-6,11H,2-4,9H2,1H3/t5-,6-/m0/s1. The van der Waals surface area contributed by atoms with Gasteiger partial charge in [-0.3, -0.25) is 4.79 Å². The number of hydrogen-bond acceptors (Lipinski definition) is 3. The van der Waals surface area contributed by atoms with Crippen molar-refractivity contribution in [3.63, 3.8) is 0 Å². The topological polar surface area (TPSA) is 43.1 Å². The maximum absolute atomic E-state index is 11.3. The van der Waals surface area contributed by atoms with E-state index in [1.807, 2.05) is 0 Å². The molecular weight excluding hydrogens is 273 g/mol. The molecule has 0 bridgehead atoms. The largest absolute Gasteiger partial charge is 0.321 e. The Hall–Kier alpha value is 0.710. The second kappa shape index (κ2) is 6.25. The second-order valence-corrected chi connectivity index (χ2v) is 4.32. The summed E-state index contributed by atoms with van der Waals surface area (Å²) < 4.78 is 0.0692. The van der Waals surface area contributed by atoms with E-state index in [0.717, 1.165) is 12.8 Å². The molecule has 0 amide bonds. The Kier molecular flexibility index (Phi) is 6.65. The van der Waals surface area contributed by atoms with Crippen molar-refractivity contribution in [3.8, 4) is 0 Å². The van der Waals surface area contributed by atoms with Gasteiger partial charge in [0.15, 0.2) is 5.78 Å². The molecule has 0 aromatic heterocycles. The molecule has 2 nitrogen and oxygen atoms in total. The fourth-order valence-corrected chi connectivity index (χ4v) is 1.98. The molecular formula is C7H14INOS. The summed E-state index contributed by atoms with van der Waals surface area (Å²) in [6.07, 6.45) is 1.94. The van der Waals surface area contributed by atoms with Gasteiger partial charge in [0.2, 0.25) is 0 Å². The molecule has 0 fully saturated rings. The predicted octanol–water partition coefficient (Wildman–Crippen LogP) is 1.42. The highest BCUT2D eigenvalue weighted by Gasteiger charge is 2.19. The van der Waals surface area contributed by atoms with Gasteiger partial charge in [-0.25, -0.2) is 0 Å². The maximum atomic E-state index is 11.3. The number of ketones is 1. The minimum Gasteiger partial charge on any atom is -0.321 e. The SMILES string of the molecule is CCC[C@H](I)C(=O)[C@@H](N)CS. The Morgan fingerprint density at radius 3 is 2.64 bits per heavy atom. The Morgan fingerprint density at radius 1 is 1.73 bits per heavy atom. The quantitative estimate of drug-likeness (QED) is 0.456. The van der Waals surface area contributed by atoms with E-state index in [0.29, 0.717) is 5.75 Å². The highest BCUT2D eigenvalue weighted by molar-refractivity contribution is 14.1. The Labute approximate surface area is 86.8 Å². The van der Waals surface area contributed by atoms with Gasteiger partial charge in [0, 0.05) is 5.75 Å². The van der Waals surface area contributed by atoms with E-state index >= 15 is 0 Å². The lowest BCUT2D eigenvalue weighted by Crippen LogP contribution is -2.37. The molecule has 0 rings (SSSR count). The van der Waals surface area contributed by atoms with Crippen LogP contribution in [0, 0.1) is 0 Å².